The summed E-state index contributed by atoms with van der Waals surface area (Å²) >= 11 is 0.645. The van der Waals surface area contributed by atoms with Crippen molar-refractivity contribution in [2.75, 3.05) is 15.8 Å². The Bertz CT molecular complexity index is 790. The lowest BCUT2D eigenvalue weighted by molar-refractivity contribution is -0.114. The Morgan fingerprint density at radius 2 is 2.10 bits per heavy atom. The van der Waals surface area contributed by atoms with Gasteiger partial charge in [-0.2, -0.15) is 8.42 Å². The summed E-state index contributed by atoms with van der Waals surface area (Å²) in [5.41, 5.74) is 5.28. The molecule has 8 nitrogen and oxygen atoms in total. The third kappa shape index (κ3) is 3.64. The topological polar surface area (TPSA) is 127 Å². The van der Waals surface area contributed by atoms with Crippen LogP contribution in [0.3, 0.4) is 0 Å². The molecule has 0 spiro atoms. The van der Waals surface area contributed by atoms with Crippen LogP contribution in [0.2, 0.25) is 0 Å². The van der Waals surface area contributed by atoms with Crippen LogP contribution >= 0.6 is 11.3 Å². The van der Waals surface area contributed by atoms with Crippen molar-refractivity contribution in [1.82, 2.24) is 10.2 Å². The van der Waals surface area contributed by atoms with Crippen LogP contribution in [0, 0.1) is 5.82 Å². The number of carbonyl (C=O) groups excluding carboxylic acids is 1. The molecule has 0 bridgehead atoms. The molecule has 1 amide bonds. The first-order valence-electron chi connectivity index (χ1n) is 5.47. The van der Waals surface area contributed by atoms with E-state index in [4.69, 9.17) is 5.73 Å². The fourth-order valence-corrected chi connectivity index (χ4v) is 3.34. The minimum atomic E-state index is -4.10. The second-order valence-corrected chi connectivity index (χ2v) is 6.73. The number of halogens is 1. The average Bonchev–Trinajstić information content (AvgIpc) is 2.81. The first-order chi connectivity index (χ1) is 9.78. The number of hydrogen-bond acceptors (Lipinski definition) is 7. The van der Waals surface area contributed by atoms with Gasteiger partial charge in [-0.25, -0.2) is 4.39 Å². The first kappa shape index (κ1) is 15.1. The molecule has 0 fully saturated rings. The van der Waals surface area contributed by atoms with E-state index in [0.29, 0.717) is 11.3 Å². The van der Waals surface area contributed by atoms with Crippen LogP contribution in [-0.4, -0.2) is 24.5 Å². The molecular weight excluding hydrogens is 321 g/mol. The minimum Gasteiger partial charge on any atom is -0.399 e. The molecule has 21 heavy (non-hydrogen) atoms. The maximum absolute atomic E-state index is 13.6. The number of nitrogens with zero attached hydrogens (tertiary/aromatic N) is 2. The van der Waals surface area contributed by atoms with E-state index in [2.05, 4.69) is 15.5 Å². The number of nitrogens with two attached hydrogens (primary N) is 1. The largest absolute Gasteiger partial charge is 0.399 e. The maximum atomic E-state index is 13.6. The van der Waals surface area contributed by atoms with Gasteiger partial charge in [-0.15, -0.1) is 10.2 Å². The number of sulfonamides is 1. The van der Waals surface area contributed by atoms with Crippen molar-refractivity contribution in [3.8, 4) is 0 Å². The molecule has 2 aromatic rings. The normalized spacial score (nSPS) is 11.1. The van der Waals surface area contributed by atoms with Gasteiger partial charge < -0.3 is 11.1 Å². The van der Waals surface area contributed by atoms with Crippen molar-refractivity contribution in [1.29, 1.82) is 0 Å². The Balaban J connectivity index is 2.25. The highest BCUT2D eigenvalue weighted by molar-refractivity contribution is 7.94. The zero-order valence-electron chi connectivity index (χ0n) is 10.6. The number of aromatic nitrogens is 2. The van der Waals surface area contributed by atoms with E-state index in [9.17, 15) is 17.6 Å². The van der Waals surface area contributed by atoms with Gasteiger partial charge in [-0.1, -0.05) is 11.3 Å². The lowest BCUT2D eigenvalue weighted by Crippen LogP contribution is -2.14. The van der Waals surface area contributed by atoms with E-state index in [1.54, 1.807) is 0 Å². The van der Waals surface area contributed by atoms with Gasteiger partial charge in [0.05, 0.1) is 5.69 Å². The van der Waals surface area contributed by atoms with Crippen LogP contribution < -0.4 is 15.8 Å². The highest BCUT2D eigenvalue weighted by Gasteiger charge is 2.22. The molecule has 1 aromatic heterocycles. The molecule has 0 saturated carbocycles. The van der Waals surface area contributed by atoms with Gasteiger partial charge in [0.25, 0.3) is 14.4 Å². The number of anilines is 3. The van der Waals surface area contributed by atoms with E-state index in [-0.39, 0.29) is 16.5 Å². The van der Waals surface area contributed by atoms with Gasteiger partial charge in [0, 0.05) is 12.6 Å². The molecule has 0 atom stereocenters. The molecule has 1 aromatic carbocycles. The molecule has 0 aliphatic heterocycles. The van der Waals surface area contributed by atoms with Gasteiger partial charge in [0.15, 0.2) is 0 Å². The Hall–Kier alpha value is -2.27. The van der Waals surface area contributed by atoms with Gasteiger partial charge in [-0.05, 0) is 18.2 Å². The standard InChI is InChI=1S/C10H10FN5O3S2/c1-5(17)13-9-14-15-10(20-9)21(18,19)16-8-3-2-6(12)4-7(8)11/h2-4,16H,12H2,1H3,(H,13,14,17). The predicted octanol–water partition coefficient (Wildman–Crippen LogP) is 1.02. The number of benzene rings is 1. The molecule has 1 heterocycles. The van der Waals surface area contributed by atoms with Crippen LogP contribution in [0.5, 0.6) is 0 Å². The molecule has 0 unspecified atom stereocenters. The summed E-state index contributed by atoms with van der Waals surface area (Å²) in [5, 5.41) is 9.28. The Labute approximate surface area is 123 Å². The molecule has 0 aliphatic rings. The number of carbonyl (C=O) groups is 1. The van der Waals surface area contributed by atoms with Gasteiger partial charge in [-0.3, -0.25) is 9.52 Å². The average molecular weight is 331 g/mol. The molecule has 112 valence electrons. The van der Waals surface area contributed by atoms with Gasteiger partial charge in [0.1, 0.15) is 5.82 Å². The Morgan fingerprint density at radius 1 is 1.38 bits per heavy atom. The monoisotopic (exact) mass is 331 g/mol. The van der Waals surface area contributed by atoms with Crippen molar-refractivity contribution in [2.45, 2.75) is 11.3 Å². The summed E-state index contributed by atoms with van der Waals surface area (Å²) in [6.07, 6.45) is 0. The minimum absolute atomic E-state index is 0.0284. The quantitative estimate of drug-likeness (QED) is 0.567. The molecule has 2 rings (SSSR count). The molecule has 4 N–H and O–H groups in total. The zero-order valence-corrected chi connectivity index (χ0v) is 12.3. The lowest BCUT2D eigenvalue weighted by Gasteiger charge is -2.06. The van der Waals surface area contributed by atoms with Gasteiger partial charge in [0.2, 0.25) is 11.0 Å². The number of hydrogen-bond donors (Lipinski definition) is 3. The smallest absolute Gasteiger partial charge is 0.291 e. The van der Waals surface area contributed by atoms with Crippen LogP contribution in [0.15, 0.2) is 22.5 Å². The second-order valence-electron chi connectivity index (χ2n) is 3.90. The summed E-state index contributed by atoms with van der Waals surface area (Å²) in [7, 11) is -4.10. The lowest BCUT2D eigenvalue weighted by atomic mass is 10.3. The van der Waals surface area contributed by atoms with Crippen LogP contribution in [0.1, 0.15) is 6.92 Å². The van der Waals surface area contributed by atoms with E-state index in [1.807, 2.05) is 4.72 Å². The van der Waals surface area contributed by atoms with E-state index in [1.165, 1.54) is 19.1 Å². The predicted molar refractivity (Wildman–Crippen MR) is 75.8 cm³/mol. The summed E-state index contributed by atoms with van der Waals surface area (Å²) in [5.74, 6) is -1.22. The van der Waals surface area contributed by atoms with Crippen LogP contribution in [-0.2, 0) is 14.8 Å². The fraction of sp³-hybridized carbons (Fsp3) is 0.100. The van der Waals surface area contributed by atoms with Crippen molar-refractivity contribution < 1.29 is 17.6 Å². The number of nitrogens with one attached hydrogen (secondary N) is 2. The summed E-state index contributed by atoms with van der Waals surface area (Å²) < 4.78 is 39.3. The summed E-state index contributed by atoms with van der Waals surface area (Å²) in [4.78, 5) is 10.8. The van der Waals surface area contributed by atoms with Crippen molar-refractivity contribution >= 4 is 43.8 Å². The van der Waals surface area contributed by atoms with Crippen LogP contribution in [0.4, 0.5) is 20.9 Å². The number of amides is 1. The summed E-state index contributed by atoms with van der Waals surface area (Å²) in [6.45, 7) is 1.25. The maximum Gasteiger partial charge on any atom is 0.291 e. The first-order valence-corrected chi connectivity index (χ1v) is 7.77. The molecule has 0 saturated heterocycles. The fourth-order valence-electron chi connectivity index (χ4n) is 1.32. The highest BCUT2D eigenvalue weighted by Crippen LogP contribution is 2.24. The van der Waals surface area contributed by atoms with Crippen LogP contribution in [0.25, 0.3) is 0 Å². The van der Waals surface area contributed by atoms with Crippen molar-refractivity contribution in [3.63, 3.8) is 0 Å². The van der Waals surface area contributed by atoms with Gasteiger partial charge >= 0.3 is 0 Å². The third-order valence-electron chi connectivity index (χ3n) is 2.16. The van der Waals surface area contributed by atoms with Crippen molar-refractivity contribution in [3.05, 3.63) is 24.0 Å². The highest BCUT2D eigenvalue weighted by atomic mass is 32.2. The summed E-state index contributed by atoms with van der Waals surface area (Å²) in [6, 6.07) is 3.53. The van der Waals surface area contributed by atoms with E-state index >= 15 is 0 Å². The number of rotatable bonds is 4. The Morgan fingerprint density at radius 3 is 2.71 bits per heavy atom. The molecule has 0 radical (unpaired) electrons. The zero-order chi connectivity index (χ0) is 15.6. The number of nitrogen functional groups attached to an aromatic ring is 1. The molecule has 11 heteroatoms. The SMILES string of the molecule is CC(=O)Nc1nnc(S(=O)(=O)Nc2ccc(N)cc2F)s1. The van der Waals surface area contributed by atoms with E-state index in [0.717, 1.165) is 6.07 Å². The molecular formula is C10H10FN5O3S2. The Kier molecular flexibility index (Phi) is 4.04. The third-order valence-corrected chi connectivity index (χ3v) is 4.73. The van der Waals surface area contributed by atoms with E-state index < -0.39 is 26.1 Å². The van der Waals surface area contributed by atoms with Crippen molar-refractivity contribution in [2.24, 2.45) is 0 Å². The second kappa shape index (κ2) is 5.61. The molecule has 0 aliphatic carbocycles.